The quantitative estimate of drug-likeness (QED) is 0.202. The second-order valence-corrected chi connectivity index (χ2v) is 10.7. The SMILES string of the molecule is [C-]#[N+]c1ccc(-n2c3ccccc3c3cc(-c4cccc5c4c4ccccc4n5-c4ccc(C#N)c(C#N)c4)ccc32)cc1. The smallest absolute Gasteiger partial charge is 0.187 e. The Morgan fingerprint density at radius 1 is 0.523 bits per heavy atom. The van der Waals surface area contributed by atoms with Crippen LogP contribution in [-0.2, 0) is 0 Å². The molecular weight excluding hydrogens is 538 g/mol. The van der Waals surface area contributed by atoms with Crippen molar-refractivity contribution in [1.29, 1.82) is 10.5 Å². The molecule has 0 saturated carbocycles. The van der Waals surface area contributed by atoms with Gasteiger partial charge in [0.05, 0.1) is 39.8 Å². The van der Waals surface area contributed by atoms with Crippen LogP contribution >= 0.6 is 0 Å². The second kappa shape index (κ2) is 9.74. The molecule has 0 fully saturated rings. The van der Waals surface area contributed by atoms with Crippen molar-refractivity contribution in [2.45, 2.75) is 0 Å². The molecule has 5 nitrogen and oxygen atoms in total. The summed E-state index contributed by atoms with van der Waals surface area (Å²) in [5, 5.41) is 23.8. The van der Waals surface area contributed by atoms with Crippen molar-refractivity contribution in [2.24, 2.45) is 0 Å². The normalized spacial score (nSPS) is 11.1. The van der Waals surface area contributed by atoms with Crippen LogP contribution in [-0.4, -0.2) is 9.13 Å². The molecule has 0 bridgehead atoms. The summed E-state index contributed by atoms with van der Waals surface area (Å²) < 4.78 is 4.43. The van der Waals surface area contributed by atoms with E-state index in [1.807, 2.05) is 36.4 Å². The van der Waals surface area contributed by atoms with Gasteiger partial charge >= 0.3 is 0 Å². The fourth-order valence-corrected chi connectivity index (χ4v) is 6.49. The van der Waals surface area contributed by atoms with Gasteiger partial charge in [0, 0.05) is 32.9 Å². The van der Waals surface area contributed by atoms with E-state index >= 15 is 0 Å². The monoisotopic (exact) mass is 559 g/mol. The van der Waals surface area contributed by atoms with E-state index in [4.69, 9.17) is 6.57 Å². The van der Waals surface area contributed by atoms with Crippen LogP contribution in [0.4, 0.5) is 5.69 Å². The van der Waals surface area contributed by atoms with Crippen LogP contribution in [0.2, 0.25) is 0 Å². The van der Waals surface area contributed by atoms with Gasteiger partial charge in [0.25, 0.3) is 0 Å². The summed E-state index contributed by atoms with van der Waals surface area (Å²) >= 11 is 0. The van der Waals surface area contributed by atoms with Crippen LogP contribution < -0.4 is 0 Å². The number of nitrogens with zero attached hydrogens (tertiary/aromatic N) is 5. The highest BCUT2D eigenvalue weighted by Crippen LogP contribution is 2.41. The molecule has 0 aliphatic carbocycles. The van der Waals surface area contributed by atoms with Gasteiger partial charge in [-0.2, -0.15) is 10.5 Å². The van der Waals surface area contributed by atoms with Crippen molar-refractivity contribution in [3.63, 3.8) is 0 Å². The Balaban J connectivity index is 1.39. The third-order valence-corrected chi connectivity index (χ3v) is 8.42. The summed E-state index contributed by atoms with van der Waals surface area (Å²) in [5.74, 6) is 0. The van der Waals surface area contributed by atoms with Gasteiger partial charge < -0.3 is 9.13 Å². The molecule has 0 aliphatic rings. The molecule has 2 heterocycles. The highest BCUT2D eigenvalue weighted by Gasteiger charge is 2.18. The molecule has 2 aromatic heterocycles. The molecule has 202 valence electrons. The van der Waals surface area contributed by atoms with Crippen LogP contribution in [0.15, 0.2) is 127 Å². The third kappa shape index (κ3) is 3.63. The van der Waals surface area contributed by atoms with E-state index in [1.54, 1.807) is 12.1 Å². The average molecular weight is 560 g/mol. The predicted octanol–water partition coefficient (Wildman–Crippen LogP) is 9.84. The number of nitriles is 2. The molecule has 8 aromatic rings. The third-order valence-electron chi connectivity index (χ3n) is 8.42. The maximum Gasteiger partial charge on any atom is 0.187 e. The summed E-state index contributed by atoms with van der Waals surface area (Å²) in [7, 11) is 0. The van der Waals surface area contributed by atoms with Crippen molar-refractivity contribution in [3.05, 3.63) is 150 Å². The topological polar surface area (TPSA) is 61.8 Å². The number of rotatable bonds is 3. The fraction of sp³-hybridized carbons (Fsp3) is 0. The molecule has 0 N–H and O–H groups in total. The lowest BCUT2D eigenvalue weighted by Crippen LogP contribution is -1.96. The first-order chi connectivity index (χ1) is 21.7. The lowest BCUT2D eigenvalue weighted by atomic mass is 9.98. The Morgan fingerprint density at radius 3 is 1.91 bits per heavy atom. The molecule has 5 heteroatoms. The van der Waals surface area contributed by atoms with Crippen LogP contribution in [0, 0.1) is 29.2 Å². The number of hydrogen-bond acceptors (Lipinski definition) is 2. The van der Waals surface area contributed by atoms with Gasteiger partial charge in [-0.3, -0.25) is 0 Å². The van der Waals surface area contributed by atoms with Gasteiger partial charge in [0.1, 0.15) is 12.1 Å². The van der Waals surface area contributed by atoms with E-state index in [0.29, 0.717) is 16.8 Å². The molecule has 0 spiro atoms. The van der Waals surface area contributed by atoms with Gasteiger partial charge in [0.15, 0.2) is 5.69 Å². The Bertz CT molecular complexity index is 2580. The van der Waals surface area contributed by atoms with E-state index in [2.05, 4.69) is 105 Å². The molecule has 6 aromatic carbocycles. The van der Waals surface area contributed by atoms with Crippen molar-refractivity contribution in [3.8, 4) is 34.6 Å². The van der Waals surface area contributed by atoms with Crippen molar-refractivity contribution >= 4 is 49.3 Å². The van der Waals surface area contributed by atoms with E-state index in [9.17, 15) is 10.5 Å². The van der Waals surface area contributed by atoms with Gasteiger partial charge in [-0.05, 0) is 71.8 Å². The number of hydrogen-bond donors (Lipinski definition) is 0. The van der Waals surface area contributed by atoms with Gasteiger partial charge in [-0.1, -0.05) is 66.7 Å². The maximum atomic E-state index is 9.73. The number of fused-ring (bicyclic) bond motifs is 6. The predicted molar refractivity (Wildman–Crippen MR) is 176 cm³/mol. The lowest BCUT2D eigenvalue weighted by molar-refractivity contribution is 1.17. The van der Waals surface area contributed by atoms with Crippen LogP contribution in [0.1, 0.15) is 11.1 Å². The first-order valence-electron chi connectivity index (χ1n) is 14.2. The molecular formula is C39H21N5. The van der Waals surface area contributed by atoms with Gasteiger partial charge in [0.2, 0.25) is 0 Å². The van der Waals surface area contributed by atoms with Gasteiger partial charge in [-0.15, -0.1) is 0 Å². The zero-order chi connectivity index (χ0) is 29.8. The minimum Gasteiger partial charge on any atom is -0.309 e. The molecule has 0 atom stereocenters. The van der Waals surface area contributed by atoms with Crippen LogP contribution in [0.25, 0.3) is 71.0 Å². The van der Waals surface area contributed by atoms with E-state index < -0.39 is 0 Å². The van der Waals surface area contributed by atoms with Crippen molar-refractivity contribution in [1.82, 2.24) is 9.13 Å². The number of para-hydroxylation sites is 2. The molecule has 0 radical (unpaired) electrons. The number of benzene rings is 6. The minimum absolute atomic E-state index is 0.359. The maximum absolute atomic E-state index is 9.73. The first kappa shape index (κ1) is 25.1. The minimum atomic E-state index is 0.359. The van der Waals surface area contributed by atoms with Crippen LogP contribution in [0.5, 0.6) is 0 Å². The molecule has 8 rings (SSSR count). The number of aromatic nitrogens is 2. The average Bonchev–Trinajstić information content (AvgIpc) is 3.60. The zero-order valence-corrected chi connectivity index (χ0v) is 23.4. The summed E-state index contributed by atoms with van der Waals surface area (Å²) in [6, 6.07) is 47.2. The second-order valence-electron chi connectivity index (χ2n) is 10.7. The van der Waals surface area contributed by atoms with E-state index in [0.717, 1.165) is 66.1 Å². The zero-order valence-electron chi connectivity index (χ0n) is 23.4. The molecule has 0 aliphatic heterocycles. The molecule has 0 saturated heterocycles. The standard InChI is InChI=1S/C39H21N5/c1-42-28-15-18-29(19-16-28)43-35-10-4-2-7-32(35)34-22-25(14-20-37(34)43)31-9-6-12-38-39(31)33-8-3-5-11-36(33)44(38)30-17-13-26(23-40)27(21-30)24-41/h2-22H. The summed E-state index contributed by atoms with van der Waals surface area (Å²) in [5.41, 5.74) is 9.69. The van der Waals surface area contributed by atoms with E-state index in [-0.39, 0.29) is 0 Å². The van der Waals surface area contributed by atoms with Crippen molar-refractivity contribution in [2.75, 3.05) is 0 Å². The summed E-state index contributed by atoms with van der Waals surface area (Å²) in [6.45, 7) is 7.34. The Kier molecular flexibility index (Phi) is 5.56. The largest absolute Gasteiger partial charge is 0.309 e. The van der Waals surface area contributed by atoms with E-state index in [1.165, 1.54) is 0 Å². The highest BCUT2D eigenvalue weighted by molar-refractivity contribution is 6.17. The highest BCUT2D eigenvalue weighted by atomic mass is 15.0. The fourth-order valence-electron chi connectivity index (χ4n) is 6.49. The Morgan fingerprint density at radius 2 is 1.16 bits per heavy atom. The van der Waals surface area contributed by atoms with Gasteiger partial charge in [-0.25, -0.2) is 4.85 Å². The summed E-state index contributed by atoms with van der Waals surface area (Å²) in [4.78, 5) is 3.56. The first-order valence-corrected chi connectivity index (χ1v) is 14.2. The summed E-state index contributed by atoms with van der Waals surface area (Å²) in [6.07, 6.45) is 0. The lowest BCUT2D eigenvalue weighted by Gasteiger charge is -2.10. The molecule has 0 amide bonds. The van der Waals surface area contributed by atoms with Crippen molar-refractivity contribution < 1.29 is 0 Å². The Hall–Kier alpha value is -6.61. The Labute approximate surface area is 253 Å². The molecule has 0 unspecified atom stereocenters. The molecule has 44 heavy (non-hydrogen) atoms. The van der Waals surface area contributed by atoms with Crippen LogP contribution in [0.3, 0.4) is 0 Å².